The number of hydroxylamine groups is 1. The number of hydrazine groups is 1. The van der Waals surface area contributed by atoms with Gasteiger partial charge in [0.2, 0.25) is 0 Å². The predicted octanol–water partition coefficient (Wildman–Crippen LogP) is -0.646. The first-order valence-corrected chi connectivity index (χ1v) is 2.00. The lowest BCUT2D eigenvalue weighted by atomic mass is 11.2. The number of nitrogens with one attached hydrogen (secondary N) is 1. The van der Waals surface area contributed by atoms with E-state index < -0.39 is 0 Å². The van der Waals surface area contributed by atoms with Crippen molar-refractivity contribution < 1.29 is 4.84 Å². The molecule has 1 aliphatic rings. The van der Waals surface area contributed by atoms with Gasteiger partial charge in [-0.1, -0.05) is 0 Å². The summed E-state index contributed by atoms with van der Waals surface area (Å²) >= 11 is 0. The fourth-order valence-electron chi connectivity index (χ4n) is 0.378. The second kappa shape index (κ2) is 1.90. The van der Waals surface area contributed by atoms with E-state index in [1.54, 1.807) is 13.4 Å². The topological polar surface area (TPSA) is 36.9 Å². The van der Waals surface area contributed by atoms with Crippen LogP contribution < -0.4 is 5.43 Å². The summed E-state index contributed by atoms with van der Waals surface area (Å²) in [5.74, 6) is 0. The van der Waals surface area contributed by atoms with Crippen LogP contribution in [0.25, 0.3) is 0 Å². The molecule has 0 unspecified atom stereocenters. The molecule has 4 nitrogen and oxygen atoms in total. The Morgan fingerprint density at radius 2 is 2.86 bits per heavy atom. The molecule has 0 aromatic heterocycles. The van der Waals surface area contributed by atoms with Gasteiger partial charge in [0.05, 0.1) is 7.11 Å². The van der Waals surface area contributed by atoms with Gasteiger partial charge in [-0.05, 0) is 0 Å². The van der Waals surface area contributed by atoms with Crippen LogP contribution in [0.1, 0.15) is 0 Å². The largest absolute Gasteiger partial charge is 0.260 e. The van der Waals surface area contributed by atoms with Crippen molar-refractivity contribution in [3.63, 3.8) is 0 Å². The zero-order chi connectivity index (χ0) is 5.11. The van der Waals surface area contributed by atoms with Crippen molar-refractivity contribution in [2.45, 2.75) is 0 Å². The highest BCUT2D eigenvalue weighted by Crippen LogP contribution is 1.82. The summed E-state index contributed by atoms with van der Waals surface area (Å²) in [6.07, 6.45) is 1.58. The molecule has 1 rings (SSSR count). The van der Waals surface area contributed by atoms with Gasteiger partial charge in [0.1, 0.15) is 13.0 Å². The normalized spacial score (nSPS) is 18.7. The summed E-state index contributed by atoms with van der Waals surface area (Å²) in [6.45, 7) is 0.619. The Morgan fingerprint density at radius 3 is 3.14 bits per heavy atom. The summed E-state index contributed by atoms with van der Waals surface area (Å²) < 4.78 is 0. The quantitative estimate of drug-likeness (QED) is 0.477. The molecule has 0 bridgehead atoms. The molecule has 0 aliphatic carbocycles. The van der Waals surface area contributed by atoms with Crippen molar-refractivity contribution in [2.75, 3.05) is 13.8 Å². The van der Waals surface area contributed by atoms with E-state index in [1.165, 1.54) is 5.17 Å². The van der Waals surface area contributed by atoms with Crippen molar-refractivity contribution in [1.29, 1.82) is 0 Å². The van der Waals surface area contributed by atoms with Crippen molar-refractivity contribution in [3.05, 3.63) is 0 Å². The zero-order valence-corrected chi connectivity index (χ0v) is 4.09. The average Bonchev–Trinajstić information content (AvgIpc) is 2.14. The molecule has 0 atom stereocenters. The molecular formula is C3H7N3O. The van der Waals surface area contributed by atoms with Gasteiger partial charge in [-0.3, -0.25) is 9.83 Å². The van der Waals surface area contributed by atoms with E-state index in [-0.39, 0.29) is 0 Å². The van der Waals surface area contributed by atoms with Crippen LogP contribution in [-0.4, -0.2) is 25.3 Å². The van der Waals surface area contributed by atoms with E-state index in [0.717, 1.165) is 0 Å². The summed E-state index contributed by atoms with van der Waals surface area (Å²) in [5.41, 5.74) is 2.80. The van der Waals surface area contributed by atoms with E-state index in [9.17, 15) is 0 Å². The summed E-state index contributed by atoms with van der Waals surface area (Å²) in [7, 11) is 1.57. The first-order valence-electron chi connectivity index (χ1n) is 2.00. The lowest BCUT2D eigenvalue weighted by Gasteiger charge is -2.07. The summed E-state index contributed by atoms with van der Waals surface area (Å²) in [4.78, 5) is 8.48. The van der Waals surface area contributed by atoms with Gasteiger partial charge in [0, 0.05) is 0 Å². The molecule has 0 saturated heterocycles. The van der Waals surface area contributed by atoms with E-state index in [0.29, 0.717) is 6.67 Å². The first kappa shape index (κ1) is 4.55. The molecule has 0 amide bonds. The third kappa shape index (κ3) is 0.880. The van der Waals surface area contributed by atoms with Crippen LogP contribution in [0.3, 0.4) is 0 Å². The average molecular weight is 101 g/mol. The Morgan fingerprint density at radius 1 is 2.00 bits per heavy atom. The maximum atomic E-state index is 4.68. The minimum Gasteiger partial charge on any atom is -0.260 e. The molecule has 0 spiro atoms. The van der Waals surface area contributed by atoms with Crippen LogP contribution in [0.4, 0.5) is 0 Å². The highest BCUT2D eigenvalue weighted by molar-refractivity contribution is 5.53. The van der Waals surface area contributed by atoms with Gasteiger partial charge in [-0.15, -0.1) is 0 Å². The Labute approximate surface area is 41.7 Å². The molecule has 1 heterocycles. The standard InChI is InChI=1S/C3H7N3O/c1-7-6-3-4-2-5-6/h3,5H,2H2,1H3. The zero-order valence-electron chi connectivity index (χ0n) is 4.09. The SMILES string of the molecule is CON1C=NCN1. The van der Waals surface area contributed by atoms with E-state index in [2.05, 4.69) is 15.3 Å². The molecule has 0 saturated carbocycles. The van der Waals surface area contributed by atoms with E-state index in [4.69, 9.17) is 0 Å². The maximum Gasteiger partial charge on any atom is 0.130 e. The number of rotatable bonds is 1. The van der Waals surface area contributed by atoms with Crippen LogP contribution in [0.5, 0.6) is 0 Å². The third-order valence-electron chi connectivity index (χ3n) is 0.701. The third-order valence-corrected chi connectivity index (χ3v) is 0.701. The van der Waals surface area contributed by atoms with Crippen LogP contribution in [0, 0.1) is 0 Å². The Hall–Kier alpha value is -0.610. The Kier molecular flexibility index (Phi) is 1.24. The van der Waals surface area contributed by atoms with Crippen molar-refractivity contribution in [3.8, 4) is 0 Å². The van der Waals surface area contributed by atoms with Gasteiger partial charge < -0.3 is 0 Å². The molecule has 40 valence electrons. The number of aliphatic imine (C=N–C) groups is 1. The van der Waals surface area contributed by atoms with Crippen LogP contribution in [0.2, 0.25) is 0 Å². The van der Waals surface area contributed by atoms with E-state index in [1.807, 2.05) is 0 Å². The monoisotopic (exact) mass is 101 g/mol. The van der Waals surface area contributed by atoms with Gasteiger partial charge in [0.25, 0.3) is 0 Å². The Balaban J connectivity index is 2.28. The maximum absolute atomic E-state index is 4.68. The highest BCUT2D eigenvalue weighted by atomic mass is 16.7. The number of hydrogen-bond acceptors (Lipinski definition) is 4. The molecular weight excluding hydrogens is 94.1 g/mol. The van der Waals surface area contributed by atoms with Gasteiger partial charge in [-0.25, -0.2) is 0 Å². The lowest BCUT2D eigenvalue weighted by Crippen LogP contribution is -2.29. The molecule has 1 N–H and O–H groups in total. The molecule has 7 heavy (non-hydrogen) atoms. The summed E-state index contributed by atoms with van der Waals surface area (Å²) in [5, 5.41) is 1.44. The number of nitrogens with zero attached hydrogens (tertiary/aromatic N) is 2. The van der Waals surface area contributed by atoms with Gasteiger partial charge in [-0.2, -0.15) is 10.6 Å². The smallest absolute Gasteiger partial charge is 0.130 e. The second-order valence-electron chi connectivity index (χ2n) is 1.12. The molecule has 0 radical (unpaired) electrons. The predicted molar refractivity (Wildman–Crippen MR) is 25.3 cm³/mol. The van der Waals surface area contributed by atoms with Gasteiger partial charge in [0.15, 0.2) is 0 Å². The van der Waals surface area contributed by atoms with Crippen molar-refractivity contribution >= 4 is 6.34 Å². The highest BCUT2D eigenvalue weighted by Gasteiger charge is 1.98. The fraction of sp³-hybridized carbons (Fsp3) is 0.667. The molecule has 0 aromatic carbocycles. The Bertz CT molecular complexity index is 82.2. The van der Waals surface area contributed by atoms with Crippen LogP contribution in [-0.2, 0) is 4.84 Å². The summed E-state index contributed by atoms with van der Waals surface area (Å²) in [6, 6.07) is 0. The molecule has 4 heteroatoms. The first-order chi connectivity index (χ1) is 3.43. The molecule has 0 aromatic rings. The minimum absolute atomic E-state index is 0.619. The second-order valence-corrected chi connectivity index (χ2v) is 1.12. The molecule has 0 fully saturated rings. The minimum atomic E-state index is 0.619. The van der Waals surface area contributed by atoms with Crippen LogP contribution >= 0.6 is 0 Å². The lowest BCUT2D eigenvalue weighted by molar-refractivity contribution is -0.0913. The van der Waals surface area contributed by atoms with Gasteiger partial charge >= 0.3 is 0 Å². The van der Waals surface area contributed by atoms with E-state index >= 15 is 0 Å². The molecule has 1 aliphatic heterocycles. The fourth-order valence-corrected chi connectivity index (χ4v) is 0.378. The van der Waals surface area contributed by atoms with Crippen LogP contribution in [0.15, 0.2) is 4.99 Å². The van der Waals surface area contributed by atoms with Crippen molar-refractivity contribution in [1.82, 2.24) is 10.6 Å². The van der Waals surface area contributed by atoms with Crippen molar-refractivity contribution in [2.24, 2.45) is 4.99 Å². The number of hydrogen-bond donors (Lipinski definition) is 1.